The Bertz CT molecular complexity index is 1250. The Hall–Kier alpha value is -3.72. The molecule has 0 unspecified atom stereocenters. The Morgan fingerprint density at radius 1 is 1.15 bits per heavy atom. The van der Waals surface area contributed by atoms with E-state index in [4.69, 9.17) is 9.47 Å². The van der Waals surface area contributed by atoms with Gasteiger partial charge in [-0.1, -0.05) is 6.92 Å². The third-order valence-electron chi connectivity index (χ3n) is 5.30. The Morgan fingerprint density at radius 2 is 1.97 bits per heavy atom. The zero-order chi connectivity index (χ0) is 23.5. The highest BCUT2D eigenvalue weighted by molar-refractivity contribution is 7.10. The van der Waals surface area contributed by atoms with E-state index in [0.29, 0.717) is 24.5 Å². The average molecular weight is 467 g/mol. The van der Waals surface area contributed by atoms with Crippen LogP contribution in [0.1, 0.15) is 49.6 Å². The summed E-state index contributed by atoms with van der Waals surface area (Å²) in [6.07, 6.45) is 1.46. The number of fused-ring (bicyclic) bond motifs is 3. The van der Waals surface area contributed by atoms with Crippen LogP contribution >= 0.6 is 11.3 Å². The van der Waals surface area contributed by atoms with Crippen LogP contribution in [0.4, 0.5) is 0 Å². The van der Waals surface area contributed by atoms with Crippen LogP contribution in [-0.2, 0) is 11.2 Å². The molecule has 0 radical (unpaired) electrons. The van der Waals surface area contributed by atoms with Crippen molar-refractivity contribution in [3.8, 4) is 28.0 Å². The average Bonchev–Trinajstić information content (AvgIpc) is 3.22. The molecule has 3 heterocycles. The molecule has 3 aromatic rings. The maximum Gasteiger partial charge on any atom is 0.357 e. The van der Waals surface area contributed by atoms with Crippen molar-refractivity contribution in [3.05, 3.63) is 57.5 Å². The van der Waals surface area contributed by atoms with Crippen molar-refractivity contribution in [1.29, 1.82) is 0 Å². The third kappa shape index (κ3) is 4.31. The SMILES string of the molecule is CCCNC(=O)c1ccc(-c2cc3c(cc2C(=O)O)-c2ccsc2CCO3)c(C(=O)OC)n1. The standard InChI is InChI=1S/C24H22N2O6S/c1-3-8-25-22(27)18-5-4-14(21(26-18)24(30)31-2)15-12-19-16(11-17(15)23(28)29)13-7-10-33-20(13)6-9-32-19/h4-5,7,10-12H,3,6,8-9H2,1-2H3,(H,25,27)(H,28,29). The van der Waals surface area contributed by atoms with E-state index < -0.39 is 17.8 Å². The van der Waals surface area contributed by atoms with Crippen molar-refractivity contribution in [2.75, 3.05) is 20.3 Å². The molecular formula is C24H22N2O6S. The second-order valence-corrected chi connectivity index (χ2v) is 8.40. The van der Waals surface area contributed by atoms with Gasteiger partial charge in [0.2, 0.25) is 0 Å². The van der Waals surface area contributed by atoms with Crippen molar-refractivity contribution in [2.24, 2.45) is 0 Å². The summed E-state index contributed by atoms with van der Waals surface area (Å²) < 4.78 is 10.8. The first kappa shape index (κ1) is 22.5. The van der Waals surface area contributed by atoms with Crippen molar-refractivity contribution < 1.29 is 29.0 Å². The number of rotatable bonds is 6. The number of hydrogen-bond acceptors (Lipinski definition) is 7. The van der Waals surface area contributed by atoms with E-state index in [2.05, 4.69) is 10.3 Å². The fourth-order valence-corrected chi connectivity index (χ4v) is 4.60. The van der Waals surface area contributed by atoms with E-state index in [0.717, 1.165) is 23.3 Å². The molecular weight excluding hydrogens is 444 g/mol. The third-order valence-corrected chi connectivity index (χ3v) is 6.29. The molecule has 0 bridgehead atoms. The molecule has 2 aromatic heterocycles. The van der Waals surface area contributed by atoms with Crippen LogP contribution < -0.4 is 10.1 Å². The van der Waals surface area contributed by atoms with Gasteiger partial charge in [-0.2, -0.15) is 0 Å². The summed E-state index contributed by atoms with van der Waals surface area (Å²) >= 11 is 1.60. The van der Waals surface area contributed by atoms with Gasteiger partial charge in [0.15, 0.2) is 5.69 Å². The number of methoxy groups -OCH3 is 1. The predicted molar refractivity (Wildman–Crippen MR) is 123 cm³/mol. The minimum Gasteiger partial charge on any atom is -0.493 e. The zero-order valence-corrected chi connectivity index (χ0v) is 19.0. The van der Waals surface area contributed by atoms with Crippen molar-refractivity contribution in [3.63, 3.8) is 0 Å². The summed E-state index contributed by atoms with van der Waals surface area (Å²) in [4.78, 5) is 42.5. The van der Waals surface area contributed by atoms with E-state index in [1.54, 1.807) is 23.5 Å². The molecule has 0 spiro atoms. The molecule has 0 saturated heterocycles. The topological polar surface area (TPSA) is 115 Å². The molecule has 8 nitrogen and oxygen atoms in total. The number of thiophene rings is 1. The molecule has 9 heteroatoms. The van der Waals surface area contributed by atoms with Crippen LogP contribution in [-0.4, -0.2) is 48.2 Å². The number of pyridine rings is 1. The second kappa shape index (κ2) is 9.41. The fraction of sp³-hybridized carbons (Fsp3) is 0.250. The van der Waals surface area contributed by atoms with Crippen LogP contribution in [0.25, 0.3) is 22.3 Å². The molecule has 0 aliphatic carbocycles. The van der Waals surface area contributed by atoms with Crippen LogP contribution in [0.5, 0.6) is 5.75 Å². The van der Waals surface area contributed by atoms with Gasteiger partial charge in [-0.15, -0.1) is 11.3 Å². The molecule has 2 N–H and O–H groups in total. The number of benzene rings is 1. The van der Waals surface area contributed by atoms with Gasteiger partial charge >= 0.3 is 11.9 Å². The van der Waals surface area contributed by atoms with E-state index in [1.165, 1.54) is 19.2 Å². The van der Waals surface area contributed by atoms with Crippen LogP contribution in [0, 0.1) is 0 Å². The number of hydrogen-bond donors (Lipinski definition) is 2. The number of carboxylic acid groups (broad SMARTS) is 1. The number of nitrogens with zero attached hydrogens (tertiary/aromatic N) is 1. The highest BCUT2D eigenvalue weighted by Crippen LogP contribution is 2.42. The molecule has 0 saturated carbocycles. The van der Waals surface area contributed by atoms with Gasteiger partial charge in [-0.05, 0) is 47.7 Å². The van der Waals surface area contributed by atoms with Gasteiger partial charge < -0.3 is 19.9 Å². The van der Waals surface area contributed by atoms with Crippen LogP contribution in [0.2, 0.25) is 0 Å². The zero-order valence-electron chi connectivity index (χ0n) is 18.1. The first-order valence-corrected chi connectivity index (χ1v) is 11.3. The molecule has 1 aliphatic heterocycles. The quantitative estimate of drug-likeness (QED) is 0.527. The van der Waals surface area contributed by atoms with Crippen LogP contribution in [0.15, 0.2) is 35.7 Å². The van der Waals surface area contributed by atoms with E-state index >= 15 is 0 Å². The first-order chi connectivity index (χ1) is 15.9. The lowest BCUT2D eigenvalue weighted by Gasteiger charge is -2.16. The maximum absolute atomic E-state index is 12.6. The summed E-state index contributed by atoms with van der Waals surface area (Å²) in [5.41, 5.74) is 2.02. The minimum absolute atomic E-state index is 0.00784. The molecule has 170 valence electrons. The molecule has 1 aliphatic rings. The highest BCUT2D eigenvalue weighted by atomic mass is 32.1. The van der Waals surface area contributed by atoms with Gasteiger partial charge in [-0.25, -0.2) is 14.6 Å². The Labute approximate surface area is 194 Å². The van der Waals surface area contributed by atoms with E-state index in [-0.39, 0.29) is 28.1 Å². The Kier molecular flexibility index (Phi) is 6.41. The minimum atomic E-state index is -1.16. The van der Waals surface area contributed by atoms with Gasteiger partial charge in [-0.3, -0.25) is 4.79 Å². The number of ether oxygens (including phenoxy) is 2. The van der Waals surface area contributed by atoms with Crippen molar-refractivity contribution in [2.45, 2.75) is 19.8 Å². The lowest BCUT2D eigenvalue weighted by atomic mass is 9.93. The Morgan fingerprint density at radius 3 is 2.70 bits per heavy atom. The Balaban J connectivity index is 1.90. The number of carbonyl (C=O) groups excluding carboxylic acids is 2. The summed E-state index contributed by atoms with van der Waals surface area (Å²) in [6, 6.07) is 8.10. The van der Waals surface area contributed by atoms with Gasteiger partial charge in [0.25, 0.3) is 5.91 Å². The van der Waals surface area contributed by atoms with Crippen molar-refractivity contribution in [1.82, 2.24) is 10.3 Å². The molecule has 0 atom stereocenters. The number of esters is 1. The normalized spacial score (nSPS) is 12.1. The summed E-state index contributed by atoms with van der Waals surface area (Å²) in [5.74, 6) is -1.84. The number of aromatic carboxylic acids is 1. The number of carbonyl (C=O) groups is 3. The monoisotopic (exact) mass is 466 g/mol. The first-order valence-electron chi connectivity index (χ1n) is 10.4. The number of amides is 1. The highest BCUT2D eigenvalue weighted by Gasteiger charge is 2.26. The fourth-order valence-electron chi connectivity index (χ4n) is 3.72. The van der Waals surface area contributed by atoms with E-state index in [9.17, 15) is 19.5 Å². The van der Waals surface area contributed by atoms with Gasteiger partial charge in [0.1, 0.15) is 11.4 Å². The van der Waals surface area contributed by atoms with E-state index in [1.807, 2.05) is 18.4 Å². The van der Waals surface area contributed by atoms with Crippen molar-refractivity contribution >= 4 is 29.2 Å². The number of nitrogens with one attached hydrogen (secondary N) is 1. The lowest BCUT2D eigenvalue weighted by molar-refractivity contribution is 0.0593. The largest absolute Gasteiger partial charge is 0.493 e. The molecule has 33 heavy (non-hydrogen) atoms. The number of carboxylic acids is 1. The van der Waals surface area contributed by atoms with Crippen LogP contribution in [0.3, 0.4) is 0 Å². The van der Waals surface area contributed by atoms with Gasteiger partial charge in [0.05, 0.1) is 19.3 Å². The lowest BCUT2D eigenvalue weighted by Crippen LogP contribution is -2.25. The summed E-state index contributed by atoms with van der Waals surface area (Å²) in [6.45, 7) is 2.83. The second-order valence-electron chi connectivity index (χ2n) is 7.40. The molecule has 4 rings (SSSR count). The molecule has 1 aromatic carbocycles. The summed E-state index contributed by atoms with van der Waals surface area (Å²) in [5, 5.41) is 14.7. The summed E-state index contributed by atoms with van der Waals surface area (Å²) in [7, 11) is 1.20. The smallest absolute Gasteiger partial charge is 0.357 e. The molecule has 0 fully saturated rings. The predicted octanol–water partition coefficient (Wildman–Crippen LogP) is 4.04. The molecule has 1 amide bonds. The number of aromatic nitrogens is 1. The maximum atomic E-state index is 12.6. The van der Waals surface area contributed by atoms with Gasteiger partial charge in [0, 0.05) is 34.5 Å².